The number of pyridine rings is 1. The number of carbonyl (C=O) groups is 1. The summed E-state index contributed by atoms with van der Waals surface area (Å²) >= 11 is 3.40. The number of carbonyl (C=O) groups excluding carboxylic acids is 1. The lowest BCUT2D eigenvalue weighted by molar-refractivity contribution is 0.0170. The summed E-state index contributed by atoms with van der Waals surface area (Å²) in [5.74, 6) is 1.38. The van der Waals surface area contributed by atoms with Crippen molar-refractivity contribution >= 4 is 27.8 Å². The maximum Gasteiger partial charge on any atom is 0.410 e. The molecule has 1 atom stereocenters. The van der Waals surface area contributed by atoms with E-state index in [1.54, 1.807) is 6.20 Å². The van der Waals surface area contributed by atoms with Crippen LogP contribution in [-0.2, 0) is 4.74 Å². The standard InChI is InChI=1S/C17H26BrN3O2/c1-17(2,3)23-16(22)21-9-5-6-13(12-21)11-20(4)15-8-7-14(18)10-19-15/h7-8,10,13H,5-6,9,11-12H2,1-4H3. The molecule has 0 radical (unpaired) electrons. The molecule has 1 fully saturated rings. The normalized spacial score (nSPS) is 18.7. The SMILES string of the molecule is CN(CC1CCCN(C(=O)OC(C)(C)C)C1)c1ccc(Br)cn1. The molecular weight excluding hydrogens is 358 g/mol. The van der Waals surface area contributed by atoms with Crippen LogP contribution in [-0.4, -0.2) is 48.3 Å². The molecule has 2 heterocycles. The molecule has 1 aliphatic rings. The van der Waals surface area contributed by atoms with Crippen molar-refractivity contribution in [3.8, 4) is 0 Å². The topological polar surface area (TPSA) is 45.7 Å². The van der Waals surface area contributed by atoms with Crippen LogP contribution in [0.15, 0.2) is 22.8 Å². The van der Waals surface area contributed by atoms with Gasteiger partial charge in [-0.15, -0.1) is 0 Å². The summed E-state index contributed by atoms with van der Waals surface area (Å²) in [6.45, 7) is 8.12. The highest BCUT2D eigenvalue weighted by molar-refractivity contribution is 9.10. The molecule has 1 saturated heterocycles. The van der Waals surface area contributed by atoms with Crippen LogP contribution in [0.2, 0.25) is 0 Å². The van der Waals surface area contributed by atoms with Crippen molar-refractivity contribution in [2.24, 2.45) is 5.92 Å². The van der Waals surface area contributed by atoms with Gasteiger partial charge in [0.1, 0.15) is 11.4 Å². The number of nitrogens with zero attached hydrogens (tertiary/aromatic N) is 3. The quantitative estimate of drug-likeness (QED) is 0.792. The molecule has 0 bridgehead atoms. The zero-order chi connectivity index (χ0) is 17.0. The van der Waals surface area contributed by atoms with Gasteiger partial charge in [-0.3, -0.25) is 0 Å². The number of likely N-dealkylation sites (tertiary alicyclic amines) is 1. The number of ether oxygens (including phenoxy) is 1. The highest BCUT2D eigenvalue weighted by Gasteiger charge is 2.28. The van der Waals surface area contributed by atoms with Crippen molar-refractivity contribution in [1.29, 1.82) is 0 Å². The van der Waals surface area contributed by atoms with E-state index in [1.165, 1.54) is 0 Å². The Hall–Kier alpha value is -1.30. The molecule has 128 valence electrons. The molecule has 5 nitrogen and oxygen atoms in total. The Bertz CT molecular complexity index is 528. The predicted octanol–water partition coefficient (Wildman–Crippen LogP) is 3.93. The summed E-state index contributed by atoms with van der Waals surface area (Å²) in [6, 6.07) is 3.99. The maximum atomic E-state index is 12.2. The number of hydrogen-bond acceptors (Lipinski definition) is 4. The van der Waals surface area contributed by atoms with Gasteiger partial charge in [-0.2, -0.15) is 0 Å². The molecular formula is C17H26BrN3O2. The molecule has 1 aromatic heterocycles. The molecule has 0 spiro atoms. The fraction of sp³-hybridized carbons (Fsp3) is 0.647. The molecule has 1 aromatic rings. The van der Waals surface area contributed by atoms with Gasteiger partial charge in [0.2, 0.25) is 0 Å². The van der Waals surface area contributed by atoms with E-state index in [9.17, 15) is 4.79 Å². The lowest BCUT2D eigenvalue weighted by Crippen LogP contribution is -2.45. The monoisotopic (exact) mass is 383 g/mol. The maximum absolute atomic E-state index is 12.2. The fourth-order valence-corrected chi connectivity index (χ4v) is 3.02. The van der Waals surface area contributed by atoms with Gasteiger partial charge < -0.3 is 14.5 Å². The zero-order valence-electron chi connectivity index (χ0n) is 14.4. The molecule has 1 unspecified atom stereocenters. The molecule has 0 saturated carbocycles. The molecule has 0 aliphatic carbocycles. The van der Waals surface area contributed by atoms with Gasteiger partial charge in [-0.05, 0) is 67.6 Å². The van der Waals surface area contributed by atoms with E-state index in [0.29, 0.717) is 5.92 Å². The summed E-state index contributed by atoms with van der Waals surface area (Å²) in [5, 5.41) is 0. The van der Waals surface area contributed by atoms with Crippen LogP contribution in [0.1, 0.15) is 33.6 Å². The molecule has 0 N–H and O–H groups in total. The van der Waals surface area contributed by atoms with Gasteiger partial charge in [-0.25, -0.2) is 9.78 Å². The highest BCUT2D eigenvalue weighted by atomic mass is 79.9. The first kappa shape index (κ1) is 18.0. The van der Waals surface area contributed by atoms with Crippen molar-refractivity contribution in [2.45, 2.75) is 39.2 Å². The van der Waals surface area contributed by atoms with Crippen molar-refractivity contribution in [3.63, 3.8) is 0 Å². The van der Waals surface area contributed by atoms with Crippen molar-refractivity contribution in [3.05, 3.63) is 22.8 Å². The lowest BCUT2D eigenvalue weighted by atomic mass is 9.98. The van der Waals surface area contributed by atoms with E-state index >= 15 is 0 Å². The van der Waals surface area contributed by atoms with E-state index in [1.807, 2.05) is 44.9 Å². The van der Waals surface area contributed by atoms with Crippen LogP contribution in [0.5, 0.6) is 0 Å². The van der Waals surface area contributed by atoms with Crippen LogP contribution in [0.3, 0.4) is 0 Å². The highest BCUT2D eigenvalue weighted by Crippen LogP contribution is 2.22. The molecule has 2 rings (SSSR count). The van der Waals surface area contributed by atoms with Crippen LogP contribution in [0, 0.1) is 5.92 Å². The van der Waals surface area contributed by atoms with Gasteiger partial charge in [-0.1, -0.05) is 0 Å². The predicted molar refractivity (Wildman–Crippen MR) is 95.7 cm³/mol. The lowest BCUT2D eigenvalue weighted by Gasteiger charge is -2.35. The first-order valence-corrected chi connectivity index (χ1v) is 8.84. The van der Waals surface area contributed by atoms with Gasteiger partial charge in [0, 0.05) is 37.4 Å². The summed E-state index contributed by atoms with van der Waals surface area (Å²) in [5.41, 5.74) is -0.442. The average molecular weight is 384 g/mol. The summed E-state index contributed by atoms with van der Waals surface area (Å²) in [7, 11) is 2.04. The molecule has 1 aliphatic heterocycles. The second-order valence-corrected chi connectivity index (χ2v) is 8.07. The first-order chi connectivity index (χ1) is 10.7. The van der Waals surface area contributed by atoms with Crippen LogP contribution >= 0.6 is 15.9 Å². The number of hydrogen-bond donors (Lipinski definition) is 0. The van der Waals surface area contributed by atoms with Gasteiger partial charge in [0.25, 0.3) is 0 Å². The zero-order valence-corrected chi connectivity index (χ0v) is 16.0. The Morgan fingerprint density at radius 2 is 2.22 bits per heavy atom. The Morgan fingerprint density at radius 3 is 2.83 bits per heavy atom. The van der Waals surface area contributed by atoms with Crippen molar-refractivity contribution in [2.75, 3.05) is 31.6 Å². The summed E-state index contributed by atoms with van der Waals surface area (Å²) < 4.78 is 6.46. The van der Waals surface area contributed by atoms with E-state index in [2.05, 4.69) is 25.8 Å². The van der Waals surface area contributed by atoms with Crippen LogP contribution in [0.4, 0.5) is 10.6 Å². The smallest absolute Gasteiger partial charge is 0.410 e. The second kappa shape index (κ2) is 7.51. The molecule has 1 amide bonds. The molecule has 23 heavy (non-hydrogen) atoms. The van der Waals surface area contributed by atoms with Crippen molar-refractivity contribution in [1.82, 2.24) is 9.88 Å². The van der Waals surface area contributed by atoms with Crippen molar-refractivity contribution < 1.29 is 9.53 Å². The Morgan fingerprint density at radius 1 is 1.48 bits per heavy atom. The Balaban J connectivity index is 1.90. The van der Waals surface area contributed by atoms with Crippen LogP contribution < -0.4 is 4.90 Å². The van der Waals surface area contributed by atoms with Gasteiger partial charge in [0.15, 0.2) is 0 Å². The number of piperidine rings is 1. The number of aromatic nitrogens is 1. The molecule has 6 heteroatoms. The molecule has 0 aromatic carbocycles. The number of anilines is 1. The fourth-order valence-electron chi connectivity index (χ4n) is 2.78. The largest absolute Gasteiger partial charge is 0.444 e. The third-order valence-corrected chi connectivity index (χ3v) is 4.27. The Kier molecular flexibility index (Phi) is 5.89. The van der Waals surface area contributed by atoms with E-state index in [0.717, 1.165) is 42.8 Å². The third-order valence-electron chi connectivity index (χ3n) is 3.81. The minimum absolute atomic E-state index is 0.202. The van der Waals surface area contributed by atoms with E-state index < -0.39 is 5.60 Å². The Labute approximate surface area is 147 Å². The summed E-state index contributed by atoms with van der Waals surface area (Å²) in [6.07, 6.45) is 3.75. The number of amides is 1. The number of rotatable bonds is 3. The second-order valence-electron chi connectivity index (χ2n) is 7.15. The summed E-state index contributed by atoms with van der Waals surface area (Å²) in [4.78, 5) is 20.6. The third kappa shape index (κ3) is 5.68. The van der Waals surface area contributed by atoms with E-state index in [4.69, 9.17) is 4.74 Å². The number of halogens is 1. The van der Waals surface area contributed by atoms with Gasteiger partial charge in [0.05, 0.1) is 0 Å². The minimum Gasteiger partial charge on any atom is -0.444 e. The van der Waals surface area contributed by atoms with Gasteiger partial charge >= 0.3 is 6.09 Å². The van der Waals surface area contributed by atoms with E-state index in [-0.39, 0.29) is 6.09 Å². The first-order valence-electron chi connectivity index (χ1n) is 8.05. The minimum atomic E-state index is -0.442. The van der Waals surface area contributed by atoms with Crippen LogP contribution in [0.25, 0.3) is 0 Å². The average Bonchev–Trinajstić information content (AvgIpc) is 2.46.